The number of pyridine rings is 4. The molecule has 0 unspecified atom stereocenters. The zero-order valence-electron chi connectivity index (χ0n) is 55.6. The Morgan fingerprint density at radius 3 is 1.41 bits per heavy atom. The Morgan fingerprint density at radius 1 is 0.495 bits per heavy atom. The zero-order chi connectivity index (χ0) is 66.2. The summed E-state index contributed by atoms with van der Waals surface area (Å²) in [5.74, 6) is 7.26. The van der Waals surface area contributed by atoms with Gasteiger partial charge >= 0.3 is 12.1 Å². The second kappa shape index (κ2) is 25.7. The van der Waals surface area contributed by atoms with E-state index in [2.05, 4.69) is 77.8 Å². The summed E-state index contributed by atoms with van der Waals surface area (Å²) in [6.45, 7) is 16.0. The maximum Gasteiger partial charge on any atom is 0.325 e. The number of hydrogen-bond donors (Lipinski definition) is 5. The van der Waals surface area contributed by atoms with Crippen LogP contribution in [0.15, 0.2) is 70.7 Å². The minimum atomic E-state index is -4.25. The highest BCUT2D eigenvalue weighted by molar-refractivity contribution is 7.90. The lowest BCUT2D eigenvalue weighted by Gasteiger charge is -2.57. The van der Waals surface area contributed by atoms with Crippen LogP contribution in [0.3, 0.4) is 0 Å². The summed E-state index contributed by atoms with van der Waals surface area (Å²) in [5.41, 5.74) is 0.804. The lowest BCUT2D eigenvalue weighted by molar-refractivity contribution is -0.0593. The number of carbonyl (C=O) groups is 4. The Hall–Kier alpha value is -6.53. The molecule has 8 aliphatic carbocycles. The van der Waals surface area contributed by atoms with E-state index in [1.54, 1.807) is 41.3 Å². The van der Waals surface area contributed by atoms with Crippen LogP contribution < -0.4 is 40.1 Å². The number of rotatable bonds is 7. The van der Waals surface area contributed by atoms with Gasteiger partial charge in [-0.1, -0.05) is 23.7 Å². The molecular weight excluding hydrogens is 1260 g/mol. The Labute approximate surface area is 565 Å². The summed E-state index contributed by atoms with van der Waals surface area (Å²) in [6.07, 6.45) is 25.2. The fourth-order valence-corrected chi connectivity index (χ4v) is 22.4. The van der Waals surface area contributed by atoms with Crippen molar-refractivity contribution >= 4 is 84.6 Å². The molecule has 14 aliphatic rings. The molecule has 4 aromatic rings. The van der Waals surface area contributed by atoms with Gasteiger partial charge in [-0.15, -0.1) is 0 Å². The minimum absolute atomic E-state index is 0.0386. The molecule has 25 heteroatoms. The van der Waals surface area contributed by atoms with Crippen LogP contribution in [0.5, 0.6) is 0 Å². The van der Waals surface area contributed by atoms with E-state index >= 15 is 0 Å². The second-order valence-electron chi connectivity index (χ2n) is 31.7. The van der Waals surface area contributed by atoms with Gasteiger partial charge in [0, 0.05) is 76.5 Å². The average Bonchev–Trinajstić information content (AvgIpc) is 1.33. The van der Waals surface area contributed by atoms with Gasteiger partial charge in [0.05, 0.1) is 11.1 Å². The van der Waals surface area contributed by atoms with Crippen molar-refractivity contribution in [1.82, 2.24) is 44.5 Å². The number of fused-ring (bicyclic) bond motifs is 12. The van der Waals surface area contributed by atoms with Crippen LogP contribution in [-0.4, -0.2) is 147 Å². The third kappa shape index (κ3) is 13.9. The van der Waals surface area contributed by atoms with Crippen LogP contribution in [-0.2, 0) is 20.0 Å². The van der Waals surface area contributed by atoms with Gasteiger partial charge in [0.15, 0.2) is 10.1 Å². The van der Waals surface area contributed by atoms with E-state index < -0.39 is 31.9 Å². The van der Waals surface area contributed by atoms with E-state index in [0.29, 0.717) is 84.5 Å². The first-order valence-electron chi connectivity index (χ1n) is 35.2. The van der Waals surface area contributed by atoms with E-state index in [1.807, 2.05) is 9.80 Å². The van der Waals surface area contributed by atoms with E-state index in [4.69, 9.17) is 16.6 Å². The first-order chi connectivity index (χ1) is 45.3. The predicted octanol–water partition coefficient (Wildman–Crippen LogP) is 10.9. The highest BCUT2D eigenvalue weighted by Gasteiger charge is 2.53. The van der Waals surface area contributed by atoms with Crippen LogP contribution >= 0.6 is 11.6 Å². The summed E-state index contributed by atoms with van der Waals surface area (Å²) in [6, 6.07) is 15.8. The minimum Gasteiger partial charge on any atom is -0.370 e. The Balaban J connectivity index is 0.000000137. The van der Waals surface area contributed by atoms with Gasteiger partial charge in [0.1, 0.15) is 34.2 Å². The lowest BCUT2D eigenvalue weighted by atomic mass is 9.49. The monoisotopic (exact) mass is 1360 g/mol. The molecule has 8 saturated carbocycles. The van der Waals surface area contributed by atoms with Crippen molar-refractivity contribution in [3.8, 4) is 0 Å². The summed E-state index contributed by atoms with van der Waals surface area (Å²) in [5, 5.41) is 9.12. The van der Waals surface area contributed by atoms with Gasteiger partial charge in [-0.2, -0.15) is 16.8 Å². The maximum absolute atomic E-state index is 13.8. The molecule has 4 saturated heterocycles. The number of anilines is 5. The number of halogens is 1. The fraction of sp³-hybridized carbons (Fsp3) is 0.657. The van der Waals surface area contributed by atoms with Gasteiger partial charge in [-0.05, 0) is 263 Å². The van der Waals surface area contributed by atoms with E-state index in [-0.39, 0.29) is 49.5 Å². The van der Waals surface area contributed by atoms with Gasteiger partial charge in [0.25, 0.3) is 31.9 Å². The fourth-order valence-electron chi connectivity index (χ4n) is 20.3. The average molecular weight is 1360 g/mol. The first-order valence-corrected chi connectivity index (χ1v) is 38.6. The molecule has 0 radical (unpaired) electrons. The van der Waals surface area contributed by atoms with Crippen molar-refractivity contribution < 1.29 is 36.0 Å². The number of urea groups is 2. The second-order valence-corrected chi connectivity index (χ2v) is 35.4. The molecule has 0 spiro atoms. The topological polar surface area (TPSA) is 264 Å². The highest BCUT2D eigenvalue weighted by Crippen LogP contribution is 2.63. The Bertz CT molecular complexity index is 3780. The molecule has 16 bridgehead atoms. The maximum atomic E-state index is 13.8. The van der Waals surface area contributed by atoms with Crippen molar-refractivity contribution in [1.29, 1.82) is 0 Å². The number of hydrogen-bond acceptors (Lipinski definition) is 16. The van der Waals surface area contributed by atoms with E-state index in [1.165, 1.54) is 108 Å². The van der Waals surface area contributed by atoms with Crippen LogP contribution in [0.25, 0.3) is 0 Å². The van der Waals surface area contributed by atoms with Gasteiger partial charge in [0.2, 0.25) is 0 Å². The molecule has 2 atom stereocenters. The first kappa shape index (κ1) is 65.7. The molecule has 6 aliphatic heterocycles. The van der Waals surface area contributed by atoms with Crippen LogP contribution in [0.4, 0.5) is 38.7 Å². The molecule has 12 fully saturated rings. The molecule has 10 heterocycles. The van der Waals surface area contributed by atoms with Crippen molar-refractivity contribution in [2.24, 2.45) is 58.2 Å². The number of aromatic nitrogens is 4. The van der Waals surface area contributed by atoms with Gasteiger partial charge in [-0.3, -0.25) is 14.5 Å². The molecular formula is C70H95ClN14O8S2. The number of nitrogens with one attached hydrogen (secondary N) is 5. The summed E-state index contributed by atoms with van der Waals surface area (Å²) >= 11 is 6.14. The van der Waals surface area contributed by atoms with Crippen molar-refractivity contribution in [3.05, 3.63) is 76.9 Å². The highest BCUT2D eigenvalue weighted by atomic mass is 35.5. The molecule has 22 nitrogen and oxygen atoms in total. The number of carbonyl (C=O) groups excluding carboxylic acids is 4. The van der Waals surface area contributed by atoms with Crippen molar-refractivity contribution in [2.45, 2.75) is 177 Å². The van der Waals surface area contributed by atoms with Crippen molar-refractivity contribution in [2.75, 3.05) is 90.8 Å². The number of nitrogens with zero attached hydrogens (tertiary/aromatic N) is 9. The standard InChI is InChI=1S/C35H47N7O4S.C20H24ClN5O3S.C15H24N2O/c1-34(2)18-23-5-4-11-36-28-6-3-7-30(37-28)47(45,46)39-32(43)27-8-9-29(38-31(27)42(34)22-23)41-14-13-40(33(41)44)12-10-35-19-24-15-25(20-35)17-26(16-24)21-35;1-20(2)11-13-5-4-10-22-16-6-3-7-17(24-16)30(28,29)25-19(27)14-8-9-15(21)23-18(14)26(20)12-13;18-14-16-2-4-17(14)3-1-15-8-11-5-12(9-15)7-13(6-11)10-15/h3,6-9,23-26H,4-5,10-22H2,1-2H3,(H,36,37)(H,39,43);3,6-9,13H,4-5,10-12H2,1-2H3,(H,22,24)(H,25,27);11-13H,1-10H2,(H,16,18)/t23-,24?,25?,26?,35?;13-;/m00./s1. The molecule has 0 aromatic carbocycles. The van der Waals surface area contributed by atoms with E-state index in [9.17, 15) is 36.0 Å². The molecule has 512 valence electrons. The van der Waals surface area contributed by atoms with Crippen LogP contribution in [0, 0.1) is 58.2 Å². The predicted molar refractivity (Wildman–Crippen MR) is 366 cm³/mol. The smallest absolute Gasteiger partial charge is 0.325 e. The molecule has 5 N–H and O–H groups in total. The van der Waals surface area contributed by atoms with Crippen LogP contribution in [0.1, 0.15) is 177 Å². The Kier molecular flexibility index (Phi) is 17.8. The number of sulfonamides is 2. The quantitative estimate of drug-likeness (QED) is 0.108. The molecule has 95 heavy (non-hydrogen) atoms. The van der Waals surface area contributed by atoms with Gasteiger partial charge in [-0.25, -0.2) is 39.0 Å². The third-order valence-electron chi connectivity index (χ3n) is 23.7. The lowest BCUT2D eigenvalue weighted by Crippen LogP contribution is -2.47. The van der Waals surface area contributed by atoms with Crippen molar-refractivity contribution in [3.63, 3.8) is 0 Å². The summed E-state index contributed by atoms with van der Waals surface area (Å²) in [4.78, 5) is 80.0. The summed E-state index contributed by atoms with van der Waals surface area (Å²) < 4.78 is 56.6. The zero-order valence-corrected chi connectivity index (χ0v) is 58.0. The Morgan fingerprint density at radius 2 is 0.947 bits per heavy atom. The van der Waals surface area contributed by atoms with Crippen LogP contribution in [0.2, 0.25) is 5.15 Å². The number of amides is 6. The normalized spacial score (nSPS) is 31.9. The van der Waals surface area contributed by atoms with E-state index in [0.717, 1.165) is 113 Å². The third-order valence-corrected chi connectivity index (χ3v) is 26.4. The molecule has 6 amide bonds. The SMILES string of the molecule is CC1(C)C[C@@H]2CCCNc3cccc(n3)S(=O)(=O)NC(=O)c3ccc(Cl)nc3N1C2.CC1(C)C[C@@H]2CCCNc3cccc(n3)S(=O)(=O)NC(=O)c3ccc(N4CCN(CCC56CC7CC(CC(C7)C5)C6)C4=O)nc3N1C2.O=C1NCCN1CCC12CC3CC(CC(C3)C1)C2. The van der Waals surface area contributed by atoms with Gasteiger partial charge < -0.3 is 35.6 Å². The largest absolute Gasteiger partial charge is 0.370 e. The summed E-state index contributed by atoms with van der Waals surface area (Å²) in [7, 11) is -8.40. The molecule has 4 aromatic heterocycles. The molecule has 18 rings (SSSR count).